The molecular weight excluding hydrogens is 829 g/mol. The zero-order valence-corrected chi connectivity index (χ0v) is 38.3. The number of rotatable bonds is 2. The van der Waals surface area contributed by atoms with Crippen molar-refractivity contribution in [3.05, 3.63) is 230 Å². The van der Waals surface area contributed by atoms with Crippen molar-refractivity contribution in [1.82, 2.24) is 0 Å². The first-order chi connectivity index (χ1) is 34.0. The predicted molar refractivity (Wildman–Crippen MR) is 299 cm³/mol. The first-order valence-electron chi connectivity index (χ1n) is 24.4. The normalized spacial score (nSPS) is 13.5. The fourth-order valence-corrected chi connectivity index (χ4v) is 13.4. The van der Waals surface area contributed by atoms with E-state index in [1.165, 1.54) is 163 Å². The highest BCUT2D eigenvalue weighted by Crippen LogP contribution is 2.54. The van der Waals surface area contributed by atoms with Gasteiger partial charge in [0.2, 0.25) is 0 Å². The Morgan fingerprint density at radius 3 is 1.10 bits per heavy atom. The summed E-state index contributed by atoms with van der Waals surface area (Å²) in [5.41, 5.74) is 10.4. The van der Waals surface area contributed by atoms with E-state index in [0.29, 0.717) is 0 Å². The van der Waals surface area contributed by atoms with Crippen molar-refractivity contribution < 1.29 is 0 Å². The Morgan fingerprint density at radius 1 is 0.232 bits per heavy atom. The van der Waals surface area contributed by atoms with Gasteiger partial charge in [0.05, 0.1) is 0 Å². The molecule has 0 saturated heterocycles. The molecule has 0 spiro atoms. The van der Waals surface area contributed by atoms with Gasteiger partial charge in [-0.3, -0.25) is 0 Å². The van der Waals surface area contributed by atoms with E-state index in [0.717, 1.165) is 0 Å². The van der Waals surface area contributed by atoms with Crippen molar-refractivity contribution >= 4 is 118 Å². The van der Waals surface area contributed by atoms with Gasteiger partial charge in [-0.1, -0.05) is 202 Å². The molecule has 0 nitrogen and oxygen atoms in total. The third kappa shape index (κ3) is 4.88. The number of hydrogen-bond acceptors (Lipinski definition) is 0. The molecule has 1 aliphatic rings. The third-order valence-electron chi connectivity index (χ3n) is 16.5. The monoisotopic (exact) mass is 870 g/mol. The first-order valence-corrected chi connectivity index (χ1v) is 24.4. The minimum Gasteiger partial charge on any atom is -0.0616 e. The van der Waals surface area contributed by atoms with Crippen LogP contribution in [0.4, 0.5) is 0 Å². The largest absolute Gasteiger partial charge is 0.0616 e. The van der Waals surface area contributed by atoms with Crippen LogP contribution in [0.15, 0.2) is 218 Å². The fraction of sp³-hybridized carbons (Fsp3) is 0.0435. The lowest BCUT2D eigenvalue weighted by Gasteiger charge is -2.23. The van der Waals surface area contributed by atoms with Gasteiger partial charge in [0, 0.05) is 5.41 Å². The smallest absolute Gasteiger partial charge is 0.0159 e. The van der Waals surface area contributed by atoms with Crippen LogP contribution in [0.5, 0.6) is 0 Å². The van der Waals surface area contributed by atoms with Crippen LogP contribution in [0.25, 0.3) is 152 Å². The Bertz CT molecular complexity index is 4720. The summed E-state index contributed by atoms with van der Waals surface area (Å²) < 4.78 is 0. The second kappa shape index (κ2) is 13.3. The van der Waals surface area contributed by atoms with Gasteiger partial charge in [-0.05, 0) is 193 Å². The van der Waals surface area contributed by atoms with E-state index in [-0.39, 0.29) is 5.41 Å². The summed E-state index contributed by atoms with van der Waals surface area (Å²) in [5.74, 6) is 0. The topological polar surface area (TPSA) is 0 Å². The maximum atomic E-state index is 2.55. The van der Waals surface area contributed by atoms with Gasteiger partial charge in [0.15, 0.2) is 0 Å². The summed E-state index contributed by atoms with van der Waals surface area (Å²) in [6, 6.07) is 83.3. The van der Waals surface area contributed by atoms with Gasteiger partial charge >= 0.3 is 0 Å². The lowest BCUT2D eigenvalue weighted by atomic mass is 9.80. The summed E-state index contributed by atoms with van der Waals surface area (Å²) in [5, 5.41) is 28.7. The zero-order valence-electron chi connectivity index (χ0n) is 38.3. The molecule has 0 amide bonds. The molecular formula is C69H42. The SMILES string of the molecule is CC1(C)c2cc3c4ccccc4c4ccccc4c3cc2-c2cc3c4ccccc4c4cc(-c5c6ccccc6c(-c6ccc7ccc8cccc9ccc6c7c89)c6ccccc56)ccc4c3cc21. The molecule has 15 aromatic carbocycles. The second-order valence-electron chi connectivity index (χ2n) is 20.2. The summed E-state index contributed by atoms with van der Waals surface area (Å²) in [4.78, 5) is 0. The maximum absolute atomic E-state index is 2.55. The number of benzene rings is 15. The average Bonchev–Trinajstić information content (AvgIpc) is 3.62. The van der Waals surface area contributed by atoms with E-state index in [1.807, 2.05) is 0 Å². The predicted octanol–water partition coefficient (Wildman–Crippen LogP) is 19.4. The van der Waals surface area contributed by atoms with Gasteiger partial charge in [0.25, 0.3) is 0 Å². The Balaban J connectivity index is 0.940. The molecule has 0 N–H and O–H groups in total. The van der Waals surface area contributed by atoms with Crippen molar-refractivity contribution in [2.24, 2.45) is 0 Å². The van der Waals surface area contributed by atoms with Gasteiger partial charge in [0.1, 0.15) is 0 Å². The molecule has 69 heavy (non-hydrogen) atoms. The second-order valence-corrected chi connectivity index (χ2v) is 20.2. The summed E-state index contributed by atoms with van der Waals surface area (Å²) >= 11 is 0. The van der Waals surface area contributed by atoms with E-state index in [2.05, 4.69) is 232 Å². The van der Waals surface area contributed by atoms with Gasteiger partial charge in [-0.15, -0.1) is 0 Å². The molecule has 0 atom stereocenters. The van der Waals surface area contributed by atoms with Crippen LogP contribution >= 0.6 is 0 Å². The number of fused-ring (bicyclic) bond motifs is 17. The number of hydrogen-bond donors (Lipinski definition) is 0. The van der Waals surface area contributed by atoms with E-state index in [1.54, 1.807) is 0 Å². The lowest BCUT2D eigenvalue weighted by molar-refractivity contribution is 0.662. The van der Waals surface area contributed by atoms with Crippen molar-refractivity contribution in [2.45, 2.75) is 19.3 Å². The maximum Gasteiger partial charge on any atom is 0.0159 e. The van der Waals surface area contributed by atoms with Crippen LogP contribution in [0, 0.1) is 0 Å². The molecule has 0 heteroatoms. The molecule has 318 valence electrons. The summed E-state index contributed by atoms with van der Waals surface area (Å²) in [6.45, 7) is 4.87. The van der Waals surface area contributed by atoms with Crippen LogP contribution < -0.4 is 0 Å². The molecule has 0 radical (unpaired) electrons. The highest BCUT2D eigenvalue weighted by molar-refractivity contribution is 6.32. The summed E-state index contributed by atoms with van der Waals surface area (Å²) in [6.07, 6.45) is 0. The van der Waals surface area contributed by atoms with Crippen LogP contribution in [0.1, 0.15) is 25.0 Å². The molecule has 0 bridgehead atoms. The molecule has 0 aliphatic heterocycles. The molecule has 0 unspecified atom stereocenters. The molecule has 1 aliphatic carbocycles. The van der Waals surface area contributed by atoms with Gasteiger partial charge in [-0.25, -0.2) is 0 Å². The molecule has 15 aromatic rings. The highest BCUT2D eigenvalue weighted by atomic mass is 14.4. The van der Waals surface area contributed by atoms with Crippen molar-refractivity contribution in [3.63, 3.8) is 0 Å². The van der Waals surface area contributed by atoms with Crippen LogP contribution in [0.2, 0.25) is 0 Å². The van der Waals surface area contributed by atoms with E-state index in [9.17, 15) is 0 Å². The van der Waals surface area contributed by atoms with Crippen LogP contribution in [0.3, 0.4) is 0 Å². The fourth-order valence-electron chi connectivity index (χ4n) is 13.4. The van der Waals surface area contributed by atoms with Gasteiger partial charge < -0.3 is 0 Å². The quantitative estimate of drug-likeness (QED) is 0.120. The Labute approximate surface area is 398 Å². The minimum absolute atomic E-state index is 0.189. The highest BCUT2D eigenvalue weighted by Gasteiger charge is 2.37. The molecule has 0 heterocycles. The molecule has 0 saturated carbocycles. The molecule has 0 fully saturated rings. The first kappa shape index (κ1) is 37.5. The van der Waals surface area contributed by atoms with E-state index in [4.69, 9.17) is 0 Å². The van der Waals surface area contributed by atoms with Crippen molar-refractivity contribution in [1.29, 1.82) is 0 Å². The molecule has 16 rings (SSSR count). The minimum atomic E-state index is -0.189. The van der Waals surface area contributed by atoms with Crippen LogP contribution in [-0.4, -0.2) is 0 Å². The van der Waals surface area contributed by atoms with E-state index < -0.39 is 0 Å². The third-order valence-corrected chi connectivity index (χ3v) is 16.5. The Hall–Kier alpha value is -8.58. The lowest BCUT2D eigenvalue weighted by Crippen LogP contribution is -2.15. The average molecular weight is 871 g/mol. The van der Waals surface area contributed by atoms with Gasteiger partial charge in [-0.2, -0.15) is 0 Å². The standard InChI is InChI=1S/C69H42/c1-69(2)63-37-59-46-19-6-4-17-44(46)43-16-3-5-18-45(43)57(59)35-61(63)62-36-58-48-21-8-7-20-47(48)56-34-42(30-31-49(56)60(58)38-64(62)69)66-50-22-9-11-24-52(50)68(53-25-12-10-23-51(53)66)55-33-29-41-27-26-39-14-13-15-40-28-32-54(55)67(41)65(39)40/h3-38H,1-2H3. The Kier molecular flexibility index (Phi) is 7.24. The van der Waals surface area contributed by atoms with Crippen LogP contribution in [-0.2, 0) is 5.41 Å². The zero-order chi connectivity index (χ0) is 45.3. The summed E-state index contributed by atoms with van der Waals surface area (Å²) in [7, 11) is 0. The Morgan fingerprint density at radius 2 is 0.594 bits per heavy atom. The van der Waals surface area contributed by atoms with Crippen molar-refractivity contribution in [2.75, 3.05) is 0 Å². The molecule has 0 aromatic heterocycles. The van der Waals surface area contributed by atoms with Crippen molar-refractivity contribution in [3.8, 4) is 33.4 Å². The van der Waals surface area contributed by atoms with E-state index >= 15 is 0 Å².